The highest BCUT2D eigenvalue weighted by molar-refractivity contribution is 5.78. The molecule has 0 atom stereocenters. The van der Waals surface area contributed by atoms with E-state index in [1.165, 1.54) is 5.56 Å². The molecule has 0 fully saturated rings. The Morgan fingerprint density at radius 3 is 2.90 bits per heavy atom. The van der Waals surface area contributed by atoms with E-state index in [9.17, 15) is 4.79 Å². The average molecular weight is 270 g/mol. The molecule has 3 N–H and O–H groups in total. The van der Waals surface area contributed by atoms with Crippen LogP contribution in [0.25, 0.3) is 11.0 Å². The first-order valence-corrected chi connectivity index (χ1v) is 6.85. The molecule has 0 spiro atoms. The molecule has 1 aromatic carbocycles. The van der Waals surface area contributed by atoms with Crippen molar-refractivity contribution in [1.29, 1.82) is 0 Å². The van der Waals surface area contributed by atoms with E-state index in [4.69, 9.17) is 0 Å². The minimum absolute atomic E-state index is 0.172. The van der Waals surface area contributed by atoms with Crippen LogP contribution in [0.3, 0.4) is 0 Å². The third kappa shape index (κ3) is 2.61. The quantitative estimate of drug-likeness (QED) is 0.667. The first kappa shape index (κ1) is 12.6. The van der Waals surface area contributed by atoms with Crippen molar-refractivity contribution in [3.05, 3.63) is 52.7 Å². The monoisotopic (exact) mass is 270 g/mol. The average Bonchev–Trinajstić information content (AvgIpc) is 3.01. The summed E-state index contributed by atoms with van der Waals surface area (Å²) in [5, 5.41) is 3.37. The Bertz CT molecular complexity index is 765. The molecular formula is C15H18N4O. The van der Waals surface area contributed by atoms with Crippen LogP contribution in [0.2, 0.25) is 0 Å². The largest absolute Gasteiger partial charge is 0.381 e. The van der Waals surface area contributed by atoms with Crippen molar-refractivity contribution in [2.75, 3.05) is 5.32 Å². The Hall–Kier alpha value is -2.43. The van der Waals surface area contributed by atoms with Crippen LogP contribution >= 0.6 is 0 Å². The molecule has 20 heavy (non-hydrogen) atoms. The molecule has 2 aromatic heterocycles. The van der Waals surface area contributed by atoms with Gasteiger partial charge in [-0.1, -0.05) is 6.92 Å². The minimum atomic E-state index is -0.172. The second-order valence-corrected chi connectivity index (χ2v) is 4.95. The van der Waals surface area contributed by atoms with Gasteiger partial charge in [0.2, 0.25) is 0 Å². The molecule has 0 saturated carbocycles. The predicted octanol–water partition coefficient (Wildman–Crippen LogP) is 2.68. The van der Waals surface area contributed by atoms with Crippen LogP contribution in [0.5, 0.6) is 0 Å². The molecule has 0 bridgehead atoms. The number of fused-ring (bicyclic) bond motifs is 1. The lowest BCUT2D eigenvalue weighted by molar-refractivity contribution is 0.682. The zero-order chi connectivity index (χ0) is 13.9. The van der Waals surface area contributed by atoms with Gasteiger partial charge in [-0.3, -0.25) is 0 Å². The van der Waals surface area contributed by atoms with E-state index in [2.05, 4.69) is 45.2 Å². The van der Waals surface area contributed by atoms with Crippen LogP contribution in [0, 0.1) is 0 Å². The number of imidazole rings is 1. The van der Waals surface area contributed by atoms with E-state index in [-0.39, 0.29) is 5.69 Å². The third-order valence-corrected chi connectivity index (χ3v) is 3.31. The molecular weight excluding hydrogens is 252 g/mol. The van der Waals surface area contributed by atoms with E-state index in [0.29, 0.717) is 0 Å². The first-order valence-electron chi connectivity index (χ1n) is 6.85. The van der Waals surface area contributed by atoms with E-state index >= 15 is 0 Å². The summed E-state index contributed by atoms with van der Waals surface area (Å²) >= 11 is 0. The Balaban J connectivity index is 1.70. The van der Waals surface area contributed by atoms with E-state index < -0.39 is 0 Å². The highest BCUT2D eigenvalue weighted by Gasteiger charge is 2.01. The molecule has 3 aromatic rings. The van der Waals surface area contributed by atoms with Gasteiger partial charge < -0.3 is 19.9 Å². The SMILES string of the molecule is CCCn1ccc(CNc2ccc3[nH]c(=O)[nH]c3c2)c1. The van der Waals surface area contributed by atoms with Crippen LogP contribution in [0.1, 0.15) is 18.9 Å². The van der Waals surface area contributed by atoms with Crippen molar-refractivity contribution in [3.8, 4) is 0 Å². The Morgan fingerprint density at radius 2 is 2.05 bits per heavy atom. The number of nitrogens with one attached hydrogen (secondary N) is 3. The molecule has 104 valence electrons. The smallest absolute Gasteiger partial charge is 0.323 e. The topological polar surface area (TPSA) is 65.6 Å². The fraction of sp³-hybridized carbons (Fsp3) is 0.267. The van der Waals surface area contributed by atoms with Gasteiger partial charge in [0, 0.05) is 31.2 Å². The second-order valence-electron chi connectivity index (χ2n) is 4.95. The van der Waals surface area contributed by atoms with Gasteiger partial charge in [-0.2, -0.15) is 0 Å². The van der Waals surface area contributed by atoms with Gasteiger partial charge in [0.25, 0.3) is 0 Å². The van der Waals surface area contributed by atoms with Gasteiger partial charge in [-0.15, -0.1) is 0 Å². The molecule has 5 nitrogen and oxygen atoms in total. The summed E-state index contributed by atoms with van der Waals surface area (Å²) in [6.45, 7) is 4.00. The highest BCUT2D eigenvalue weighted by Crippen LogP contribution is 2.15. The van der Waals surface area contributed by atoms with Crippen molar-refractivity contribution in [1.82, 2.24) is 14.5 Å². The normalized spacial score (nSPS) is 11.1. The van der Waals surface area contributed by atoms with Gasteiger partial charge in [0.1, 0.15) is 0 Å². The number of aromatic amines is 2. The fourth-order valence-electron chi connectivity index (χ4n) is 2.34. The summed E-state index contributed by atoms with van der Waals surface area (Å²) < 4.78 is 2.20. The standard InChI is InChI=1S/C15H18N4O/c1-2-6-19-7-5-11(10-19)9-16-12-3-4-13-14(8-12)18-15(20)17-13/h3-5,7-8,10,16H,2,6,9H2,1H3,(H2,17,18,20). The highest BCUT2D eigenvalue weighted by atomic mass is 16.1. The number of H-pyrrole nitrogens is 2. The van der Waals surface area contributed by atoms with E-state index in [1.54, 1.807) is 0 Å². The first-order chi connectivity index (χ1) is 9.74. The number of hydrogen-bond donors (Lipinski definition) is 3. The minimum Gasteiger partial charge on any atom is -0.381 e. The lowest BCUT2D eigenvalue weighted by atomic mass is 10.2. The van der Waals surface area contributed by atoms with Crippen molar-refractivity contribution in [2.45, 2.75) is 26.4 Å². The van der Waals surface area contributed by atoms with Crippen LogP contribution in [-0.2, 0) is 13.1 Å². The molecule has 0 radical (unpaired) electrons. The Morgan fingerprint density at radius 1 is 1.20 bits per heavy atom. The molecule has 0 aliphatic rings. The summed E-state index contributed by atoms with van der Waals surface area (Å²) in [4.78, 5) is 16.7. The maximum absolute atomic E-state index is 11.2. The second kappa shape index (κ2) is 5.28. The maximum atomic E-state index is 11.2. The van der Waals surface area contributed by atoms with Crippen LogP contribution in [0.15, 0.2) is 41.5 Å². The summed E-state index contributed by atoms with van der Waals surface area (Å²) in [6, 6.07) is 7.93. The van der Waals surface area contributed by atoms with Gasteiger partial charge in [-0.25, -0.2) is 4.79 Å². The number of hydrogen-bond acceptors (Lipinski definition) is 2. The number of aromatic nitrogens is 3. The van der Waals surface area contributed by atoms with Crippen LogP contribution in [0.4, 0.5) is 5.69 Å². The van der Waals surface area contributed by atoms with Crippen LogP contribution in [-0.4, -0.2) is 14.5 Å². The maximum Gasteiger partial charge on any atom is 0.323 e. The molecule has 0 amide bonds. The number of nitrogens with zero attached hydrogens (tertiary/aromatic N) is 1. The molecule has 3 rings (SSSR count). The Kier molecular flexibility index (Phi) is 3.33. The number of anilines is 1. The Labute approximate surface area is 116 Å². The summed E-state index contributed by atoms with van der Waals surface area (Å²) in [7, 11) is 0. The van der Waals surface area contributed by atoms with Crippen molar-refractivity contribution in [2.24, 2.45) is 0 Å². The van der Waals surface area contributed by atoms with Crippen LogP contribution < -0.4 is 11.0 Å². The van der Waals surface area contributed by atoms with Gasteiger partial charge in [0.15, 0.2) is 0 Å². The molecule has 2 heterocycles. The number of aryl methyl sites for hydroxylation is 1. The summed E-state index contributed by atoms with van der Waals surface area (Å²) in [5.74, 6) is 0. The number of rotatable bonds is 5. The van der Waals surface area contributed by atoms with Gasteiger partial charge >= 0.3 is 5.69 Å². The van der Waals surface area contributed by atoms with Gasteiger partial charge in [-0.05, 0) is 36.2 Å². The lowest BCUT2D eigenvalue weighted by Crippen LogP contribution is -1.99. The van der Waals surface area contributed by atoms with E-state index in [1.807, 2.05) is 18.2 Å². The van der Waals surface area contributed by atoms with Crippen molar-refractivity contribution >= 4 is 16.7 Å². The molecule has 0 aliphatic carbocycles. The summed E-state index contributed by atoms with van der Waals surface area (Å²) in [5.41, 5.74) is 3.73. The zero-order valence-electron chi connectivity index (χ0n) is 11.4. The molecule has 0 unspecified atom stereocenters. The predicted molar refractivity (Wildman–Crippen MR) is 81.0 cm³/mol. The number of benzene rings is 1. The van der Waals surface area contributed by atoms with Gasteiger partial charge in [0.05, 0.1) is 11.0 Å². The molecule has 5 heteroatoms. The third-order valence-electron chi connectivity index (χ3n) is 3.31. The van der Waals surface area contributed by atoms with Crippen molar-refractivity contribution in [3.63, 3.8) is 0 Å². The molecule has 0 saturated heterocycles. The zero-order valence-corrected chi connectivity index (χ0v) is 11.4. The fourth-order valence-corrected chi connectivity index (χ4v) is 2.34. The lowest BCUT2D eigenvalue weighted by Gasteiger charge is -2.05. The molecule has 0 aliphatic heterocycles. The van der Waals surface area contributed by atoms with Crippen molar-refractivity contribution < 1.29 is 0 Å². The van der Waals surface area contributed by atoms with E-state index in [0.717, 1.165) is 36.2 Å². The summed E-state index contributed by atoms with van der Waals surface area (Å²) in [6.07, 6.45) is 5.40.